The summed E-state index contributed by atoms with van der Waals surface area (Å²) in [4.78, 5) is 24.3. The maximum absolute atomic E-state index is 11.9. The van der Waals surface area contributed by atoms with Crippen molar-refractivity contribution in [2.24, 2.45) is 0 Å². The predicted molar refractivity (Wildman–Crippen MR) is 73.6 cm³/mol. The van der Waals surface area contributed by atoms with E-state index in [1.807, 2.05) is 32.1 Å². The van der Waals surface area contributed by atoms with Gasteiger partial charge in [-0.05, 0) is 32.0 Å². The van der Waals surface area contributed by atoms with Gasteiger partial charge >= 0.3 is 0 Å². The highest BCUT2D eigenvalue weighted by molar-refractivity contribution is 5.93. The molecule has 0 aliphatic rings. The van der Waals surface area contributed by atoms with Crippen molar-refractivity contribution in [1.29, 1.82) is 0 Å². The standard InChI is InChI=1S/C15H15N3O/c1-11(2)5-6-14(19)15-17-9-7-13(18-15)12-4-3-8-16-10-12/h3-5,7-10H,6H2,1-2H3. The average molecular weight is 253 g/mol. The van der Waals surface area contributed by atoms with E-state index >= 15 is 0 Å². The monoisotopic (exact) mass is 253 g/mol. The highest BCUT2D eigenvalue weighted by Gasteiger charge is 2.09. The van der Waals surface area contributed by atoms with Crippen molar-refractivity contribution >= 4 is 5.78 Å². The van der Waals surface area contributed by atoms with Crippen LogP contribution < -0.4 is 0 Å². The summed E-state index contributed by atoms with van der Waals surface area (Å²) < 4.78 is 0. The number of pyridine rings is 1. The minimum absolute atomic E-state index is 0.0769. The van der Waals surface area contributed by atoms with Gasteiger partial charge in [0.25, 0.3) is 0 Å². The lowest BCUT2D eigenvalue weighted by Crippen LogP contribution is -2.05. The summed E-state index contributed by atoms with van der Waals surface area (Å²) >= 11 is 0. The number of ketones is 1. The van der Waals surface area contributed by atoms with Gasteiger partial charge in [-0.1, -0.05) is 11.6 Å². The molecule has 0 radical (unpaired) electrons. The van der Waals surface area contributed by atoms with Crippen molar-refractivity contribution in [1.82, 2.24) is 15.0 Å². The number of hydrogen-bond donors (Lipinski definition) is 0. The molecule has 0 amide bonds. The molecule has 2 aromatic rings. The molecule has 0 unspecified atom stereocenters. The zero-order valence-corrected chi connectivity index (χ0v) is 11.0. The Kier molecular flexibility index (Phi) is 4.13. The lowest BCUT2D eigenvalue weighted by Gasteiger charge is -2.02. The summed E-state index contributed by atoms with van der Waals surface area (Å²) in [5.41, 5.74) is 2.70. The largest absolute Gasteiger partial charge is 0.290 e. The molecule has 0 aliphatic carbocycles. The first-order valence-electron chi connectivity index (χ1n) is 6.07. The minimum Gasteiger partial charge on any atom is -0.290 e. The van der Waals surface area contributed by atoms with Gasteiger partial charge in [-0.25, -0.2) is 9.97 Å². The minimum atomic E-state index is -0.0769. The predicted octanol–water partition coefficient (Wildman–Crippen LogP) is 3.08. The molecule has 0 N–H and O–H groups in total. The van der Waals surface area contributed by atoms with Crippen LogP contribution in [-0.2, 0) is 0 Å². The van der Waals surface area contributed by atoms with Crippen LogP contribution in [0.1, 0.15) is 30.9 Å². The maximum atomic E-state index is 11.9. The van der Waals surface area contributed by atoms with Gasteiger partial charge in [0.05, 0.1) is 5.69 Å². The van der Waals surface area contributed by atoms with Gasteiger partial charge in [0.1, 0.15) is 0 Å². The molecule has 96 valence electrons. The summed E-state index contributed by atoms with van der Waals surface area (Å²) in [7, 11) is 0. The highest BCUT2D eigenvalue weighted by Crippen LogP contribution is 2.14. The molecule has 0 saturated heterocycles. The first-order valence-corrected chi connectivity index (χ1v) is 6.07. The molecule has 0 aliphatic heterocycles. The van der Waals surface area contributed by atoms with Crippen LogP contribution in [0, 0.1) is 0 Å². The summed E-state index contributed by atoms with van der Waals surface area (Å²) in [5, 5.41) is 0. The van der Waals surface area contributed by atoms with Gasteiger partial charge in [0.15, 0.2) is 5.82 Å². The molecule has 0 aromatic carbocycles. The molecule has 0 atom stereocenters. The Balaban J connectivity index is 2.25. The third-order valence-electron chi connectivity index (χ3n) is 2.56. The number of nitrogens with zero attached hydrogens (tertiary/aromatic N) is 3. The molecule has 2 aromatic heterocycles. The molecular weight excluding hydrogens is 238 g/mol. The van der Waals surface area contributed by atoms with Crippen LogP contribution in [0.3, 0.4) is 0 Å². The lowest BCUT2D eigenvalue weighted by atomic mass is 10.2. The number of carbonyl (C=O) groups is 1. The summed E-state index contributed by atoms with van der Waals surface area (Å²) in [5.74, 6) is 0.172. The first-order chi connectivity index (χ1) is 9.16. The Bertz CT molecular complexity index is 602. The van der Waals surface area contributed by atoms with Crippen LogP contribution in [0.15, 0.2) is 48.4 Å². The van der Waals surface area contributed by atoms with Crippen LogP contribution in [0.5, 0.6) is 0 Å². The fraction of sp³-hybridized carbons (Fsp3) is 0.200. The van der Waals surface area contributed by atoms with Gasteiger partial charge in [-0.2, -0.15) is 0 Å². The van der Waals surface area contributed by atoms with Crippen molar-refractivity contribution in [3.8, 4) is 11.3 Å². The van der Waals surface area contributed by atoms with E-state index in [4.69, 9.17) is 0 Å². The molecular formula is C15H15N3O. The van der Waals surface area contributed by atoms with Gasteiger partial charge in [-0.15, -0.1) is 0 Å². The highest BCUT2D eigenvalue weighted by atomic mass is 16.1. The summed E-state index contributed by atoms with van der Waals surface area (Å²) in [6.07, 6.45) is 7.23. The number of hydrogen-bond acceptors (Lipinski definition) is 4. The number of rotatable bonds is 4. The average Bonchev–Trinajstić information content (AvgIpc) is 2.46. The third-order valence-corrected chi connectivity index (χ3v) is 2.56. The molecule has 0 fully saturated rings. The Morgan fingerprint density at radius 3 is 2.79 bits per heavy atom. The van der Waals surface area contributed by atoms with Gasteiger partial charge < -0.3 is 0 Å². The van der Waals surface area contributed by atoms with Gasteiger partial charge in [0, 0.05) is 30.6 Å². The van der Waals surface area contributed by atoms with E-state index in [0.29, 0.717) is 12.1 Å². The molecule has 0 spiro atoms. The smallest absolute Gasteiger partial charge is 0.203 e. The maximum Gasteiger partial charge on any atom is 0.203 e. The molecule has 2 rings (SSSR count). The Hall–Kier alpha value is -2.36. The van der Waals surface area contributed by atoms with Gasteiger partial charge in [0.2, 0.25) is 5.78 Å². The summed E-state index contributed by atoms with van der Waals surface area (Å²) in [6, 6.07) is 5.51. The Labute approximate surface area is 112 Å². The Morgan fingerprint density at radius 1 is 1.26 bits per heavy atom. The molecule has 4 nitrogen and oxygen atoms in total. The van der Waals surface area contributed by atoms with Crippen molar-refractivity contribution in [2.45, 2.75) is 20.3 Å². The molecule has 19 heavy (non-hydrogen) atoms. The normalized spacial score (nSPS) is 10.0. The van der Waals surface area contributed by atoms with Crippen molar-refractivity contribution in [2.75, 3.05) is 0 Å². The van der Waals surface area contributed by atoms with Crippen LogP contribution in [0.2, 0.25) is 0 Å². The second kappa shape index (κ2) is 6.00. The SMILES string of the molecule is CC(C)=CCC(=O)c1nccc(-c2cccnc2)n1. The molecule has 0 bridgehead atoms. The Morgan fingerprint density at radius 2 is 2.11 bits per heavy atom. The van der Waals surface area contributed by atoms with E-state index in [1.165, 1.54) is 0 Å². The van der Waals surface area contributed by atoms with E-state index in [0.717, 1.165) is 11.1 Å². The number of allylic oxidation sites excluding steroid dienone is 2. The second-order valence-corrected chi connectivity index (χ2v) is 4.42. The van der Waals surface area contributed by atoms with Crippen LogP contribution in [-0.4, -0.2) is 20.7 Å². The number of Topliss-reactive ketones (excluding diaryl/α,β-unsaturated/α-hetero) is 1. The fourth-order valence-electron chi connectivity index (χ4n) is 1.56. The third kappa shape index (κ3) is 3.55. The van der Waals surface area contributed by atoms with Crippen LogP contribution >= 0.6 is 0 Å². The van der Waals surface area contributed by atoms with Gasteiger partial charge in [-0.3, -0.25) is 9.78 Å². The summed E-state index contributed by atoms with van der Waals surface area (Å²) in [6.45, 7) is 3.92. The quantitative estimate of drug-likeness (QED) is 0.620. The molecule has 0 saturated carbocycles. The zero-order valence-electron chi connectivity index (χ0n) is 11.0. The van der Waals surface area contributed by atoms with Crippen molar-refractivity contribution in [3.05, 3.63) is 54.3 Å². The lowest BCUT2D eigenvalue weighted by molar-refractivity contribution is 0.0985. The second-order valence-electron chi connectivity index (χ2n) is 4.42. The zero-order chi connectivity index (χ0) is 13.7. The van der Waals surface area contributed by atoms with E-state index in [2.05, 4.69) is 15.0 Å². The van der Waals surface area contributed by atoms with E-state index in [-0.39, 0.29) is 11.6 Å². The van der Waals surface area contributed by atoms with Crippen molar-refractivity contribution < 1.29 is 4.79 Å². The molecule has 4 heteroatoms. The van der Waals surface area contributed by atoms with Crippen molar-refractivity contribution in [3.63, 3.8) is 0 Å². The van der Waals surface area contributed by atoms with Crippen LogP contribution in [0.25, 0.3) is 11.3 Å². The van der Waals surface area contributed by atoms with Crippen LogP contribution in [0.4, 0.5) is 0 Å². The van der Waals surface area contributed by atoms with E-state index in [9.17, 15) is 4.79 Å². The fourth-order valence-corrected chi connectivity index (χ4v) is 1.56. The molecule has 2 heterocycles. The van der Waals surface area contributed by atoms with E-state index < -0.39 is 0 Å². The topological polar surface area (TPSA) is 55.7 Å². The number of carbonyl (C=O) groups excluding carboxylic acids is 1. The first kappa shape index (κ1) is 13.1. The number of aromatic nitrogens is 3. The van der Waals surface area contributed by atoms with E-state index in [1.54, 1.807) is 24.7 Å².